The molecule has 0 aromatic heterocycles. The molecule has 0 bridgehead atoms. The van der Waals surface area contributed by atoms with Gasteiger partial charge in [-0.25, -0.2) is 4.39 Å². The topological polar surface area (TPSA) is 58.6 Å². The van der Waals surface area contributed by atoms with Crippen molar-refractivity contribution in [3.05, 3.63) is 83.1 Å². The van der Waals surface area contributed by atoms with Crippen molar-refractivity contribution >= 4 is 23.2 Å². The third kappa shape index (κ3) is 4.08. The maximum Gasteiger partial charge on any atom is 0.258 e. The lowest BCUT2D eigenvalue weighted by Crippen LogP contribution is -2.13. The molecule has 0 saturated heterocycles. The zero-order chi connectivity index (χ0) is 17.8. The molecular formula is C19H13ClFNO3. The lowest BCUT2D eigenvalue weighted by atomic mass is 10.2. The van der Waals surface area contributed by atoms with E-state index in [0.717, 1.165) is 0 Å². The number of rotatable bonds is 4. The van der Waals surface area contributed by atoms with Gasteiger partial charge in [0.15, 0.2) is 11.5 Å². The summed E-state index contributed by atoms with van der Waals surface area (Å²) in [5.41, 5.74) is 0.227. The first kappa shape index (κ1) is 16.8. The maximum atomic E-state index is 13.6. The lowest BCUT2D eigenvalue weighted by molar-refractivity contribution is 0.102. The zero-order valence-electron chi connectivity index (χ0n) is 12.9. The van der Waals surface area contributed by atoms with Crippen molar-refractivity contribution in [1.29, 1.82) is 0 Å². The van der Waals surface area contributed by atoms with Crippen molar-refractivity contribution in [2.75, 3.05) is 5.32 Å². The van der Waals surface area contributed by atoms with Gasteiger partial charge in [0, 0.05) is 16.8 Å². The van der Waals surface area contributed by atoms with Gasteiger partial charge in [0.1, 0.15) is 11.6 Å². The zero-order valence-corrected chi connectivity index (χ0v) is 13.6. The summed E-state index contributed by atoms with van der Waals surface area (Å²) >= 11 is 5.88. The number of aromatic hydroxyl groups is 1. The number of phenolic OH excluding ortho intramolecular Hbond substituents is 1. The van der Waals surface area contributed by atoms with Crippen LogP contribution in [0.5, 0.6) is 17.2 Å². The van der Waals surface area contributed by atoms with E-state index >= 15 is 0 Å². The van der Waals surface area contributed by atoms with E-state index in [1.807, 2.05) is 0 Å². The molecular weight excluding hydrogens is 345 g/mol. The van der Waals surface area contributed by atoms with Crippen LogP contribution in [-0.4, -0.2) is 11.0 Å². The van der Waals surface area contributed by atoms with Gasteiger partial charge in [0.05, 0.1) is 5.56 Å². The summed E-state index contributed by atoms with van der Waals surface area (Å²) in [6, 6.07) is 16.7. The van der Waals surface area contributed by atoms with Gasteiger partial charge < -0.3 is 15.2 Å². The van der Waals surface area contributed by atoms with E-state index in [0.29, 0.717) is 16.5 Å². The monoisotopic (exact) mass is 357 g/mol. The van der Waals surface area contributed by atoms with Crippen molar-refractivity contribution in [1.82, 2.24) is 0 Å². The van der Waals surface area contributed by atoms with Crippen molar-refractivity contribution in [2.45, 2.75) is 0 Å². The van der Waals surface area contributed by atoms with Crippen LogP contribution >= 0.6 is 11.6 Å². The van der Waals surface area contributed by atoms with Crippen LogP contribution in [0.25, 0.3) is 0 Å². The van der Waals surface area contributed by atoms with Crippen LogP contribution in [0.1, 0.15) is 10.4 Å². The second kappa shape index (κ2) is 7.23. The standard InChI is InChI=1S/C19H13ClFNO3/c20-12-4-3-5-14(10-12)25-18-9-8-13(11-17(18)23)22-19(24)15-6-1-2-7-16(15)21/h1-11,23H,(H,22,24). The molecule has 4 nitrogen and oxygen atoms in total. The molecule has 0 aliphatic carbocycles. The molecule has 2 N–H and O–H groups in total. The number of phenols is 1. The number of carbonyl (C=O) groups excluding carboxylic acids is 1. The molecule has 126 valence electrons. The molecule has 3 rings (SSSR count). The summed E-state index contributed by atoms with van der Waals surface area (Å²) in [6.45, 7) is 0. The number of ether oxygens (including phenoxy) is 1. The van der Waals surface area contributed by atoms with Crippen molar-refractivity contribution in [3.8, 4) is 17.2 Å². The summed E-state index contributed by atoms with van der Waals surface area (Å²) in [5, 5.41) is 13.1. The molecule has 0 unspecified atom stereocenters. The number of benzene rings is 3. The van der Waals surface area contributed by atoms with Crippen molar-refractivity contribution in [3.63, 3.8) is 0 Å². The van der Waals surface area contributed by atoms with Gasteiger partial charge in [-0.3, -0.25) is 4.79 Å². The number of halogens is 2. The quantitative estimate of drug-likeness (QED) is 0.672. The predicted molar refractivity (Wildman–Crippen MR) is 94.0 cm³/mol. The van der Waals surface area contributed by atoms with Crippen LogP contribution in [0.3, 0.4) is 0 Å². The fourth-order valence-corrected chi connectivity index (χ4v) is 2.36. The Morgan fingerprint density at radius 3 is 2.56 bits per heavy atom. The van der Waals surface area contributed by atoms with Crippen LogP contribution in [-0.2, 0) is 0 Å². The molecule has 6 heteroatoms. The molecule has 1 amide bonds. The van der Waals surface area contributed by atoms with E-state index < -0.39 is 11.7 Å². The Morgan fingerprint density at radius 1 is 1.04 bits per heavy atom. The SMILES string of the molecule is O=C(Nc1ccc(Oc2cccc(Cl)c2)c(O)c1)c1ccccc1F. The fourth-order valence-electron chi connectivity index (χ4n) is 2.18. The second-order valence-corrected chi connectivity index (χ2v) is 5.61. The first-order valence-corrected chi connectivity index (χ1v) is 7.73. The van der Waals surface area contributed by atoms with E-state index in [2.05, 4.69) is 5.32 Å². The molecule has 25 heavy (non-hydrogen) atoms. The minimum atomic E-state index is -0.620. The molecule has 3 aromatic rings. The molecule has 0 atom stereocenters. The van der Waals surface area contributed by atoms with Gasteiger partial charge in [0.25, 0.3) is 5.91 Å². The summed E-state index contributed by atoms with van der Waals surface area (Å²) in [6.07, 6.45) is 0. The summed E-state index contributed by atoms with van der Waals surface area (Å²) < 4.78 is 19.2. The van der Waals surface area contributed by atoms with Crippen molar-refractivity contribution in [2.24, 2.45) is 0 Å². The molecule has 0 saturated carbocycles. The normalized spacial score (nSPS) is 10.3. The molecule has 0 fully saturated rings. The summed E-state index contributed by atoms with van der Waals surface area (Å²) in [7, 11) is 0. The number of hydrogen-bond donors (Lipinski definition) is 2. The van der Waals surface area contributed by atoms with E-state index in [9.17, 15) is 14.3 Å². The minimum absolute atomic E-state index is 0.0822. The third-order valence-corrected chi connectivity index (χ3v) is 3.59. The Bertz CT molecular complexity index is 930. The Kier molecular flexibility index (Phi) is 4.86. The van der Waals surface area contributed by atoms with Crippen LogP contribution in [0, 0.1) is 5.82 Å². The van der Waals surface area contributed by atoms with E-state index in [1.54, 1.807) is 36.4 Å². The van der Waals surface area contributed by atoms with E-state index in [4.69, 9.17) is 16.3 Å². The molecule has 0 radical (unpaired) electrons. The van der Waals surface area contributed by atoms with Gasteiger partial charge in [-0.2, -0.15) is 0 Å². The molecule has 0 heterocycles. The number of amides is 1. The van der Waals surface area contributed by atoms with Gasteiger partial charge >= 0.3 is 0 Å². The Morgan fingerprint density at radius 2 is 1.84 bits per heavy atom. The average Bonchev–Trinajstić information content (AvgIpc) is 2.58. The number of hydrogen-bond acceptors (Lipinski definition) is 3. The smallest absolute Gasteiger partial charge is 0.258 e. The largest absolute Gasteiger partial charge is 0.504 e. The molecule has 0 aliphatic heterocycles. The van der Waals surface area contributed by atoms with Gasteiger partial charge in [-0.15, -0.1) is 0 Å². The molecule has 0 spiro atoms. The summed E-state index contributed by atoms with van der Waals surface area (Å²) in [5.74, 6) is -0.741. The van der Waals surface area contributed by atoms with Gasteiger partial charge in [-0.1, -0.05) is 29.8 Å². The van der Waals surface area contributed by atoms with Crippen LogP contribution in [0.15, 0.2) is 66.7 Å². The van der Waals surface area contributed by atoms with E-state index in [1.165, 1.54) is 30.3 Å². The lowest BCUT2D eigenvalue weighted by Gasteiger charge is -2.10. The highest BCUT2D eigenvalue weighted by Crippen LogP contribution is 2.33. The van der Waals surface area contributed by atoms with Crippen molar-refractivity contribution < 1.29 is 19.0 Å². The molecule has 3 aromatic carbocycles. The average molecular weight is 358 g/mol. The van der Waals surface area contributed by atoms with Gasteiger partial charge in [-0.05, 0) is 42.5 Å². The van der Waals surface area contributed by atoms with Crippen LogP contribution < -0.4 is 10.1 Å². The van der Waals surface area contributed by atoms with Gasteiger partial charge in [0.2, 0.25) is 0 Å². The highest BCUT2D eigenvalue weighted by Gasteiger charge is 2.12. The number of carbonyl (C=O) groups is 1. The maximum absolute atomic E-state index is 13.6. The summed E-state index contributed by atoms with van der Waals surface area (Å²) in [4.78, 5) is 12.1. The first-order valence-electron chi connectivity index (χ1n) is 7.35. The van der Waals surface area contributed by atoms with Crippen LogP contribution in [0.4, 0.5) is 10.1 Å². The highest BCUT2D eigenvalue weighted by molar-refractivity contribution is 6.30. The highest BCUT2D eigenvalue weighted by atomic mass is 35.5. The Labute approximate surface area is 148 Å². The minimum Gasteiger partial charge on any atom is -0.504 e. The van der Waals surface area contributed by atoms with E-state index in [-0.39, 0.29) is 17.1 Å². The number of nitrogens with one attached hydrogen (secondary N) is 1. The Balaban J connectivity index is 1.76. The molecule has 0 aliphatic rings. The van der Waals surface area contributed by atoms with Crippen LogP contribution in [0.2, 0.25) is 5.02 Å². The predicted octanol–water partition coefficient (Wildman–Crippen LogP) is 5.23. The number of anilines is 1. The Hall–Kier alpha value is -3.05. The second-order valence-electron chi connectivity index (χ2n) is 5.18. The fraction of sp³-hybridized carbons (Fsp3) is 0. The first-order chi connectivity index (χ1) is 12.0. The third-order valence-electron chi connectivity index (χ3n) is 3.36.